The summed E-state index contributed by atoms with van der Waals surface area (Å²) >= 11 is 3.19. The summed E-state index contributed by atoms with van der Waals surface area (Å²) in [4.78, 5) is 6.69. The number of rotatable bonds is 1. The fraction of sp³-hybridized carbons (Fsp3) is 0. The molecular formula is C7H5BrClN3O2S. The Balaban J connectivity index is 2.84. The number of nitrogens with two attached hydrogens (primary N) is 1. The maximum atomic E-state index is 11.1. The Morgan fingerprint density at radius 2 is 2.13 bits per heavy atom. The minimum Gasteiger partial charge on any atom is -0.369 e. The van der Waals surface area contributed by atoms with Gasteiger partial charge in [-0.15, -0.1) is 0 Å². The van der Waals surface area contributed by atoms with Gasteiger partial charge in [0.05, 0.1) is 10.4 Å². The van der Waals surface area contributed by atoms with E-state index in [0.29, 0.717) is 15.5 Å². The first-order valence-corrected chi connectivity index (χ1v) is 6.87. The smallest absolute Gasteiger partial charge is 0.261 e. The van der Waals surface area contributed by atoms with Crippen LogP contribution in [-0.4, -0.2) is 18.4 Å². The highest BCUT2D eigenvalue weighted by Crippen LogP contribution is 2.28. The Morgan fingerprint density at radius 3 is 2.73 bits per heavy atom. The molecule has 0 bridgehead atoms. The van der Waals surface area contributed by atoms with Gasteiger partial charge in [-0.1, -0.05) is 0 Å². The average molecular weight is 311 g/mol. The summed E-state index contributed by atoms with van der Waals surface area (Å²) in [5.41, 5.74) is 6.53. The highest BCUT2D eigenvalue weighted by Gasteiger charge is 2.14. The van der Waals surface area contributed by atoms with E-state index < -0.39 is 9.05 Å². The van der Waals surface area contributed by atoms with Crippen LogP contribution in [0.25, 0.3) is 11.0 Å². The van der Waals surface area contributed by atoms with Gasteiger partial charge in [-0.05, 0) is 28.1 Å². The molecule has 80 valence electrons. The molecule has 0 saturated heterocycles. The van der Waals surface area contributed by atoms with Gasteiger partial charge in [0.25, 0.3) is 9.05 Å². The first kappa shape index (κ1) is 10.7. The number of nitrogen functional groups attached to an aromatic ring is 1. The van der Waals surface area contributed by atoms with Gasteiger partial charge in [0.1, 0.15) is 5.52 Å². The number of halogens is 2. The molecule has 0 aliphatic heterocycles. The maximum absolute atomic E-state index is 11.1. The van der Waals surface area contributed by atoms with E-state index >= 15 is 0 Å². The topological polar surface area (TPSA) is 88.8 Å². The number of benzene rings is 1. The van der Waals surface area contributed by atoms with Gasteiger partial charge in [-0.3, -0.25) is 0 Å². The molecule has 1 aromatic heterocycles. The number of aromatic nitrogens is 2. The molecule has 1 aromatic carbocycles. The van der Waals surface area contributed by atoms with Crippen molar-refractivity contribution < 1.29 is 8.42 Å². The van der Waals surface area contributed by atoms with E-state index in [2.05, 4.69) is 25.9 Å². The molecule has 2 aromatic rings. The zero-order valence-corrected chi connectivity index (χ0v) is 10.3. The molecule has 0 amide bonds. The van der Waals surface area contributed by atoms with Gasteiger partial charge in [0.15, 0.2) is 5.95 Å². The Hall–Kier alpha value is -0.790. The second-order valence-electron chi connectivity index (χ2n) is 2.86. The van der Waals surface area contributed by atoms with E-state index in [1.165, 1.54) is 12.1 Å². The normalized spacial score (nSPS) is 12.1. The quantitative estimate of drug-likeness (QED) is 0.787. The summed E-state index contributed by atoms with van der Waals surface area (Å²) in [7, 11) is 1.47. The number of imidazole rings is 1. The molecule has 0 spiro atoms. The van der Waals surface area contributed by atoms with Crippen LogP contribution < -0.4 is 5.73 Å². The van der Waals surface area contributed by atoms with Gasteiger partial charge in [0, 0.05) is 15.2 Å². The van der Waals surface area contributed by atoms with Crippen LogP contribution in [0.1, 0.15) is 0 Å². The molecule has 5 nitrogen and oxygen atoms in total. The van der Waals surface area contributed by atoms with E-state index in [9.17, 15) is 8.42 Å². The lowest BCUT2D eigenvalue weighted by molar-refractivity contribution is 0.609. The number of nitrogens with one attached hydrogen (secondary N) is 1. The van der Waals surface area contributed by atoms with Crippen molar-refractivity contribution in [2.24, 2.45) is 0 Å². The number of anilines is 1. The molecule has 0 fully saturated rings. The molecule has 0 radical (unpaired) electrons. The van der Waals surface area contributed by atoms with Gasteiger partial charge >= 0.3 is 0 Å². The molecule has 8 heteroatoms. The van der Waals surface area contributed by atoms with E-state index in [1.807, 2.05) is 0 Å². The first-order chi connectivity index (χ1) is 6.88. The molecule has 0 atom stereocenters. The standard InChI is InChI=1S/C7H5BrClN3O2S/c8-4-1-3(15(9,13)14)2-5-6(4)12-7(10)11-5/h1-2H,(H3,10,11,12). The molecule has 1 heterocycles. The summed E-state index contributed by atoms with van der Waals surface area (Å²) in [5, 5.41) is 0. The molecule has 0 aliphatic rings. The number of fused-ring (bicyclic) bond motifs is 1. The third-order valence-electron chi connectivity index (χ3n) is 1.81. The zero-order valence-electron chi connectivity index (χ0n) is 7.16. The minimum atomic E-state index is -3.75. The van der Waals surface area contributed by atoms with E-state index in [1.54, 1.807) is 0 Å². The predicted octanol–water partition coefficient (Wildman–Crippen LogP) is 1.84. The largest absolute Gasteiger partial charge is 0.369 e. The van der Waals surface area contributed by atoms with Gasteiger partial charge in [-0.2, -0.15) is 0 Å². The number of aromatic amines is 1. The first-order valence-electron chi connectivity index (χ1n) is 3.77. The van der Waals surface area contributed by atoms with Crippen molar-refractivity contribution in [1.29, 1.82) is 0 Å². The van der Waals surface area contributed by atoms with E-state index in [0.717, 1.165) is 0 Å². The molecule has 15 heavy (non-hydrogen) atoms. The van der Waals surface area contributed by atoms with Crippen LogP contribution in [0, 0.1) is 0 Å². The summed E-state index contributed by atoms with van der Waals surface area (Å²) < 4.78 is 22.7. The summed E-state index contributed by atoms with van der Waals surface area (Å²) in [6.45, 7) is 0. The second-order valence-corrected chi connectivity index (χ2v) is 6.28. The highest BCUT2D eigenvalue weighted by atomic mass is 79.9. The Kier molecular flexibility index (Phi) is 2.40. The van der Waals surface area contributed by atoms with Crippen molar-refractivity contribution >= 4 is 52.6 Å². The van der Waals surface area contributed by atoms with Crippen molar-refractivity contribution in [2.75, 3.05) is 5.73 Å². The molecule has 0 aliphatic carbocycles. The fourth-order valence-corrected chi connectivity index (χ4v) is 2.70. The Bertz CT molecular complexity index is 637. The van der Waals surface area contributed by atoms with Crippen LogP contribution in [0.3, 0.4) is 0 Å². The van der Waals surface area contributed by atoms with Crippen LogP contribution in [0.15, 0.2) is 21.5 Å². The van der Waals surface area contributed by atoms with Crippen LogP contribution in [0.5, 0.6) is 0 Å². The van der Waals surface area contributed by atoms with Crippen LogP contribution in [0.4, 0.5) is 5.95 Å². The molecule has 0 unspecified atom stereocenters. The monoisotopic (exact) mass is 309 g/mol. The molecule has 2 rings (SSSR count). The van der Waals surface area contributed by atoms with Gasteiger partial charge < -0.3 is 10.7 Å². The zero-order chi connectivity index (χ0) is 11.2. The predicted molar refractivity (Wildman–Crippen MR) is 61.2 cm³/mol. The van der Waals surface area contributed by atoms with Crippen molar-refractivity contribution in [3.8, 4) is 0 Å². The minimum absolute atomic E-state index is 0.00723. The van der Waals surface area contributed by atoms with E-state index in [-0.39, 0.29) is 10.8 Å². The Morgan fingerprint density at radius 1 is 1.47 bits per heavy atom. The highest BCUT2D eigenvalue weighted by molar-refractivity contribution is 9.10. The number of H-pyrrole nitrogens is 1. The third-order valence-corrected chi connectivity index (χ3v) is 3.75. The van der Waals surface area contributed by atoms with Gasteiger partial charge in [-0.25, -0.2) is 13.4 Å². The number of hydrogen-bond acceptors (Lipinski definition) is 4. The SMILES string of the molecule is Nc1nc2c(Br)cc(S(=O)(=O)Cl)cc2[nH]1. The van der Waals surface area contributed by atoms with Crippen molar-refractivity contribution in [2.45, 2.75) is 4.90 Å². The summed E-state index contributed by atoms with van der Waals surface area (Å²) in [6.07, 6.45) is 0. The second kappa shape index (κ2) is 3.36. The lowest BCUT2D eigenvalue weighted by atomic mass is 10.3. The van der Waals surface area contributed by atoms with Crippen LogP contribution in [0.2, 0.25) is 0 Å². The van der Waals surface area contributed by atoms with Crippen molar-refractivity contribution in [3.63, 3.8) is 0 Å². The summed E-state index contributed by atoms with van der Waals surface area (Å²) in [6, 6.07) is 2.76. The maximum Gasteiger partial charge on any atom is 0.261 e. The Labute approximate surface area is 98.2 Å². The summed E-state index contributed by atoms with van der Waals surface area (Å²) in [5.74, 6) is 0.217. The van der Waals surface area contributed by atoms with Crippen LogP contribution >= 0.6 is 26.6 Å². The van der Waals surface area contributed by atoms with Crippen molar-refractivity contribution in [1.82, 2.24) is 9.97 Å². The van der Waals surface area contributed by atoms with Gasteiger partial charge in [0.2, 0.25) is 0 Å². The number of nitrogens with zero attached hydrogens (tertiary/aromatic N) is 1. The van der Waals surface area contributed by atoms with E-state index in [4.69, 9.17) is 16.4 Å². The third kappa shape index (κ3) is 1.95. The molecular weight excluding hydrogens is 306 g/mol. The molecule has 0 saturated carbocycles. The molecule has 3 N–H and O–H groups in total. The lowest BCUT2D eigenvalue weighted by Crippen LogP contribution is -1.90. The van der Waals surface area contributed by atoms with Crippen LogP contribution in [-0.2, 0) is 9.05 Å². The fourth-order valence-electron chi connectivity index (χ4n) is 1.21. The van der Waals surface area contributed by atoms with Crippen molar-refractivity contribution in [3.05, 3.63) is 16.6 Å². The lowest BCUT2D eigenvalue weighted by Gasteiger charge is -1.97. The number of hydrogen-bond donors (Lipinski definition) is 2. The average Bonchev–Trinajstić information content (AvgIpc) is 2.44.